The fourth-order valence-corrected chi connectivity index (χ4v) is 3.95. The number of anilines is 1. The number of fused-ring (bicyclic) bond motifs is 2. The van der Waals surface area contributed by atoms with Crippen LogP contribution in [-0.2, 0) is 26.3 Å². The lowest BCUT2D eigenvalue weighted by Gasteiger charge is -2.22. The van der Waals surface area contributed by atoms with Gasteiger partial charge in [-0.2, -0.15) is 5.26 Å². The second-order valence-electron chi connectivity index (χ2n) is 7.03. The van der Waals surface area contributed by atoms with Gasteiger partial charge >= 0.3 is 11.8 Å². The number of nitrogens with zero attached hydrogens (tertiary/aromatic N) is 2. The van der Waals surface area contributed by atoms with E-state index in [9.17, 15) is 19.6 Å². The minimum atomic E-state index is -0.994. The lowest BCUT2D eigenvalue weighted by atomic mass is 9.80. The van der Waals surface area contributed by atoms with E-state index < -0.39 is 23.3 Å². The van der Waals surface area contributed by atoms with E-state index in [1.54, 1.807) is 6.07 Å². The number of nitrogens with one attached hydrogen (secondary N) is 2. The van der Waals surface area contributed by atoms with Crippen molar-refractivity contribution in [2.24, 2.45) is 0 Å². The molecular weight excluding hydrogens is 356 g/mol. The van der Waals surface area contributed by atoms with Crippen LogP contribution in [0.1, 0.15) is 17.5 Å². The molecule has 7 heteroatoms. The highest BCUT2D eigenvalue weighted by molar-refractivity contribution is 6.35. The highest BCUT2D eigenvalue weighted by Gasteiger charge is 2.56. The predicted molar refractivity (Wildman–Crippen MR) is 101 cm³/mol. The summed E-state index contributed by atoms with van der Waals surface area (Å²) in [5.74, 6) is -1.82. The molecule has 0 aromatic heterocycles. The van der Waals surface area contributed by atoms with Crippen LogP contribution in [0.25, 0.3) is 0 Å². The van der Waals surface area contributed by atoms with Gasteiger partial charge in [-0.25, -0.2) is 0 Å². The van der Waals surface area contributed by atoms with Gasteiger partial charge in [0.05, 0.1) is 11.5 Å². The number of benzene rings is 2. The van der Waals surface area contributed by atoms with Crippen molar-refractivity contribution in [3.8, 4) is 6.07 Å². The molecule has 0 saturated carbocycles. The summed E-state index contributed by atoms with van der Waals surface area (Å²) in [5.41, 5.74) is 1.32. The molecule has 1 spiro atoms. The van der Waals surface area contributed by atoms with Gasteiger partial charge in [-0.05, 0) is 17.2 Å². The van der Waals surface area contributed by atoms with Gasteiger partial charge in [0.25, 0.3) is 0 Å². The predicted octanol–water partition coefficient (Wildman–Crippen LogP) is 1.32. The van der Waals surface area contributed by atoms with Gasteiger partial charge in [0.2, 0.25) is 5.91 Å². The Bertz CT molecular complexity index is 998. The van der Waals surface area contributed by atoms with E-state index in [0.29, 0.717) is 5.69 Å². The molecule has 0 radical (unpaired) electrons. The second-order valence-corrected chi connectivity index (χ2v) is 7.03. The van der Waals surface area contributed by atoms with Gasteiger partial charge in [-0.15, -0.1) is 0 Å². The van der Waals surface area contributed by atoms with Gasteiger partial charge in [0.15, 0.2) is 0 Å². The summed E-state index contributed by atoms with van der Waals surface area (Å²) in [6.45, 7) is 0.219. The van der Waals surface area contributed by atoms with Crippen LogP contribution in [0.15, 0.2) is 54.6 Å². The van der Waals surface area contributed by atoms with E-state index in [2.05, 4.69) is 16.7 Å². The van der Waals surface area contributed by atoms with Gasteiger partial charge < -0.3 is 15.5 Å². The number of para-hydroxylation sites is 1. The summed E-state index contributed by atoms with van der Waals surface area (Å²) in [4.78, 5) is 39.0. The first kappa shape index (κ1) is 17.7. The van der Waals surface area contributed by atoms with Crippen LogP contribution < -0.4 is 10.6 Å². The molecule has 0 aliphatic carbocycles. The van der Waals surface area contributed by atoms with E-state index >= 15 is 0 Å². The molecule has 2 aliphatic rings. The summed E-state index contributed by atoms with van der Waals surface area (Å²) < 4.78 is 0. The molecule has 4 rings (SSSR count). The number of nitriles is 1. The number of hydrogen-bond acceptors (Lipinski definition) is 4. The van der Waals surface area contributed by atoms with Crippen molar-refractivity contribution in [1.29, 1.82) is 5.26 Å². The molecule has 2 atom stereocenters. The van der Waals surface area contributed by atoms with Crippen molar-refractivity contribution >= 4 is 23.4 Å². The van der Waals surface area contributed by atoms with E-state index in [0.717, 1.165) is 11.1 Å². The van der Waals surface area contributed by atoms with Crippen LogP contribution in [0, 0.1) is 11.3 Å². The van der Waals surface area contributed by atoms with Crippen molar-refractivity contribution in [2.75, 3.05) is 11.9 Å². The molecular formula is C21H18N4O3. The number of carbonyl (C=O) groups is 3. The molecule has 2 heterocycles. The summed E-state index contributed by atoms with van der Waals surface area (Å²) in [6.07, 6.45) is 0.171. The Labute approximate surface area is 161 Å². The largest absolute Gasteiger partial charge is 0.344 e. The number of rotatable bonds is 2. The highest BCUT2D eigenvalue weighted by Crippen LogP contribution is 2.46. The van der Waals surface area contributed by atoms with Gasteiger partial charge in [0, 0.05) is 25.2 Å². The van der Waals surface area contributed by atoms with E-state index in [4.69, 9.17) is 0 Å². The van der Waals surface area contributed by atoms with Crippen molar-refractivity contribution in [1.82, 2.24) is 10.2 Å². The minimum absolute atomic E-state index is 0.00562. The zero-order valence-electron chi connectivity index (χ0n) is 15.0. The van der Waals surface area contributed by atoms with Crippen LogP contribution in [0.5, 0.6) is 0 Å². The van der Waals surface area contributed by atoms with E-state index in [1.165, 1.54) is 4.90 Å². The Balaban J connectivity index is 1.53. The van der Waals surface area contributed by atoms with E-state index in [-0.39, 0.29) is 25.4 Å². The average Bonchev–Trinajstić information content (AvgIpc) is 3.25. The Morgan fingerprint density at radius 3 is 2.64 bits per heavy atom. The standard InChI is InChI=1S/C21H18N4O3/c22-11-15-10-21(16-8-4-5-9-17(16)24-20(21)28)13-25(15)19(27)18(26)23-12-14-6-2-1-3-7-14/h1-9,15H,10,12-13H2,(H,23,26)(H,24,28)/t15-,21-/m0/s1. The Morgan fingerprint density at radius 1 is 1.18 bits per heavy atom. The normalized spacial score (nSPS) is 22.5. The maximum Gasteiger partial charge on any atom is 0.313 e. The maximum atomic E-state index is 12.7. The third kappa shape index (κ3) is 2.79. The average molecular weight is 374 g/mol. The first-order valence-electron chi connectivity index (χ1n) is 8.98. The van der Waals surface area contributed by atoms with Crippen LogP contribution in [-0.4, -0.2) is 35.2 Å². The number of likely N-dealkylation sites (tertiary alicyclic amines) is 1. The molecule has 2 N–H and O–H groups in total. The summed E-state index contributed by atoms with van der Waals surface area (Å²) >= 11 is 0. The van der Waals surface area contributed by atoms with Crippen molar-refractivity contribution in [3.05, 3.63) is 65.7 Å². The highest BCUT2D eigenvalue weighted by atomic mass is 16.2. The Hall–Kier alpha value is -3.66. The smallest absolute Gasteiger partial charge is 0.313 e. The molecule has 1 saturated heterocycles. The third-order valence-corrected chi connectivity index (χ3v) is 5.38. The quantitative estimate of drug-likeness (QED) is 0.774. The second kappa shape index (κ2) is 6.82. The maximum absolute atomic E-state index is 12.7. The zero-order valence-corrected chi connectivity index (χ0v) is 15.0. The first-order valence-corrected chi connectivity index (χ1v) is 8.98. The molecule has 0 unspecified atom stereocenters. The van der Waals surface area contributed by atoms with E-state index in [1.807, 2.05) is 48.5 Å². The summed E-state index contributed by atoms with van der Waals surface area (Å²) in [7, 11) is 0. The monoisotopic (exact) mass is 374 g/mol. The molecule has 7 nitrogen and oxygen atoms in total. The first-order chi connectivity index (χ1) is 13.5. The van der Waals surface area contributed by atoms with Crippen LogP contribution in [0.4, 0.5) is 5.69 Å². The number of amides is 3. The van der Waals surface area contributed by atoms with Crippen LogP contribution >= 0.6 is 0 Å². The molecule has 2 aromatic carbocycles. The summed E-state index contributed by atoms with van der Waals surface area (Å²) in [6, 6.07) is 17.7. The minimum Gasteiger partial charge on any atom is -0.344 e. The van der Waals surface area contributed by atoms with Crippen molar-refractivity contribution in [2.45, 2.75) is 24.4 Å². The molecule has 28 heavy (non-hydrogen) atoms. The SMILES string of the molecule is N#C[C@@H]1C[C@@]2(CN1C(=O)C(=O)NCc1ccccc1)C(=O)Nc1ccccc12. The number of carbonyl (C=O) groups excluding carboxylic acids is 3. The molecule has 2 aliphatic heterocycles. The zero-order chi connectivity index (χ0) is 19.7. The molecule has 3 amide bonds. The Morgan fingerprint density at radius 2 is 1.89 bits per heavy atom. The van der Waals surface area contributed by atoms with Gasteiger partial charge in [-0.1, -0.05) is 48.5 Å². The lowest BCUT2D eigenvalue weighted by Crippen LogP contribution is -2.46. The molecule has 2 aromatic rings. The van der Waals surface area contributed by atoms with Gasteiger partial charge in [-0.3, -0.25) is 14.4 Å². The number of hydrogen-bond donors (Lipinski definition) is 2. The van der Waals surface area contributed by atoms with Crippen molar-refractivity contribution in [3.63, 3.8) is 0 Å². The molecule has 1 fully saturated rings. The van der Waals surface area contributed by atoms with Gasteiger partial charge in [0.1, 0.15) is 6.04 Å². The summed E-state index contributed by atoms with van der Waals surface area (Å²) in [5, 5.41) is 15.0. The van der Waals surface area contributed by atoms with Crippen LogP contribution in [0.3, 0.4) is 0 Å². The van der Waals surface area contributed by atoms with Crippen molar-refractivity contribution < 1.29 is 14.4 Å². The molecule has 140 valence electrons. The Kier molecular flexibility index (Phi) is 4.32. The topological polar surface area (TPSA) is 102 Å². The fourth-order valence-electron chi connectivity index (χ4n) is 3.95. The molecule has 0 bridgehead atoms. The third-order valence-electron chi connectivity index (χ3n) is 5.38. The lowest BCUT2D eigenvalue weighted by molar-refractivity contribution is -0.146. The fraction of sp³-hybridized carbons (Fsp3) is 0.238. The van der Waals surface area contributed by atoms with Crippen LogP contribution in [0.2, 0.25) is 0 Å².